The second-order valence-corrected chi connectivity index (χ2v) is 7.66. The van der Waals surface area contributed by atoms with Gasteiger partial charge in [0.15, 0.2) is 0 Å². The van der Waals surface area contributed by atoms with Gasteiger partial charge in [0, 0.05) is 30.1 Å². The van der Waals surface area contributed by atoms with E-state index >= 15 is 0 Å². The van der Waals surface area contributed by atoms with Crippen molar-refractivity contribution in [1.29, 1.82) is 0 Å². The lowest BCUT2D eigenvalue weighted by Gasteiger charge is -2.39. The third-order valence-electron chi connectivity index (χ3n) is 3.70. The van der Waals surface area contributed by atoms with Crippen LogP contribution in [-0.2, 0) is 0 Å². The van der Waals surface area contributed by atoms with Gasteiger partial charge in [0.25, 0.3) is 0 Å². The van der Waals surface area contributed by atoms with Crippen LogP contribution in [0.3, 0.4) is 0 Å². The van der Waals surface area contributed by atoms with Crippen LogP contribution in [0.1, 0.15) is 33.1 Å². The second-order valence-electron chi connectivity index (χ2n) is 5.86. The summed E-state index contributed by atoms with van der Waals surface area (Å²) in [5.74, 6) is 1.30. The Balaban J connectivity index is 1.84. The zero-order chi connectivity index (χ0) is 10.9. The van der Waals surface area contributed by atoms with Gasteiger partial charge in [-0.3, -0.25) is 0 Å². The van der Waals surface area contributed by atoms with Crippen molar-refractivity contribution in [1.82, 2.24) is 4.90 Å². The van der Waals surface area contributed by atoms with Gasteiger partial charge in [0.05, 0.1) is 0 Å². The van der Waals surface area contributed by atoms with Crippen LogP contribution in [0.2, 0.25) is 0 Å². The molecule has 0 radical (unpaired) electrons. The number of rotatable bonds is 4. The van der Waals surface area contributed by atoms with E-state index in [1.54, 1.807) is 0 Å². The molecule has 0 unspecified atom stereocenters. The molecule has 1 aliphatic heterocycles. The monoisotopic (exact) mass is 228 g/mol. The Labute approximate surface area is 98.0 Å². The molecule has 1 aliphatic carbocycles. The summed E-state index contributed by atoms with van der Waals surface area (Å²) >= 11 is 2.12. The van der Waals surface area contributed by atoms with E-state index in [1.807, 2.05) is 0 Å². The fourth-order valence-electron chi connectivity index (χ4n) is 2.69. The molecule has 2 rings (SSSR count). The number of nitrogens with two attached hydrogens (primary N) is 1. The van der Waals surface area contributed by atoms with Gasteiger partial charge in [0.1, 0.15) is 0 Å². The maximum atomic E-state index is 5.69. The van der Waals surface area contributed by atoms with Crippen LogP contribution in [0.4, 0.5) is 0 Å². The van der Waals surface area contributed by atoms with Crippen LogP contribution in [-0.4, -0.2) is 41.6 Å². The minimum absolute atomic E-state index is 0.455. The van der Waals surface area contributed by atoms with Crippen molar-refractivity contribution in [3.05, 3.63) is 0 Å². The molecule has 0 atom stereocenters. The largest absolute Gasteiger partial charge is 0.330 e. The van der Waals surface area contributed by atoms with Gasteiger partial charge in [-0.05, 0) is 45.1 Å². The van der Waals surface area contributed by atoms with E-state index in [0.29, 0.717) is 10.2 Å². The fourth-order valence-corrected chi connectivity index (χ4v) is 3.87. The molecule has 1 heterocycles. The summed E-state index contributed by atoms with van der Waals surface area (Å²) in [6.45, 7) is 9.43. The highest BCUT2D eigenvalue weighted by Crippen LogP contribution is 2.49. The zero-order valence-electron chi connectivity index (χ0n) is 10.1. The normalized spacial score (nSPS) is 29.0. The second kappa shape index (κ2) is 4.27. The summed E-state index contributed by atoms with van der Waals surface area (Å²) < 4.78 is 0.455. The average molecular weight is 228 g/mol. The molecule has 3 heteroatoms. The van der Waals surface area contributed by atoms with Crippen LogP contribution in [0.25, 0.3) is 0 Å². The predicted octanol–water partition coefficient (Wildman–Crippen LogP) is 1.94. The molecule has 1 saturated heterocycles. The molecular weight excluding hydrogens is 204 g/mol. The molecule has 2 fully saturated rings. The van der Waals surface area contributed by atoms with Crippen LogP contribution in [0.5, 0.6) is 0 Å². The van der Waals surface area contributed by atoms with Crippen molar-refractivity contribution < 1.29 is 0 Å². The number of thioether (sulfide) groups is 1. The molecule has 2 nitrogen and oxygen atoms in total. The van der Waals surface area contributed by atoms with Crippen LogP contribution < -0.4 is 5.73 Å². The lowest BCUT2D eigenvalue weighted by atomic mass is 10.0. The molecule has 2 N–H and O–H groups in total. The Kier molecular flexibility index (Phi) is 3.34. The van der Waals surface area contributed by atoms with Crippen molar-refractivity contribution in [3.63, 3.8) is 0 Å². The van der Waals surface area contributed by atoms with Gasteiger partial charge >= 0.3 is 0 Å². The Morgan fingerprint density at radius 1 is 1.33 bits per heavy atom. The molecule has 88 valence electrons. The summed E-state index contributed by atoms with van der Waals surface area (Å²) in [7, 11) is 0. The smallest absolute Gasteiger partial charge is 0.0231 e. The van der Waals surface area contributed by atoms with Gasteiger partial charge < -0.3 is 10.6 Å². The minimum Gasteiger partial charge on any atom is -0.330 e. The highest BCUT2D eigenvalue weighted by Gasteiger charge is 2.43. The SMILES string of the molecule is CC1(C)CN(CC2(CCN)CC2)CCS1. The quantitative estimate of drug-likeness (QED) is 0.797. The maximum absolute atomic E-state index is 5.69. The van der Waals surface area contributed by atoms with Crippen molar-refractivity contribution in [2.45, 2.75) is 37.9 Å². The molecule has 0 aromatic rings. The topological polar surface area (TPSA) is 29.3 Å². The first-order chi connectivity index (χ1) is 7.05. The lowest BCUT2D eigenvalue weighted by Crippen LogP contribution is -2.45. The van der Waals surface area contributed by atoms with E-state index in [2.05, 4.69) is 30.5 Å². The number of nitrogens with zero attached hydrogens (tertiary/aromatic N) is 1. The summed E-state index contributed by atoms with van der Waals surface area (Å²) in [6, 6.07) is 0. The van der Waals surface area contributed by atoms with Crippen molar-refractivity contribution in [2.75, 3.05) is 31.9 Å². The van der Waals surface area contributed by atoms with Gasteiger partial charge in [-0.2, -0.15) is 11.8 Å². The third-order valence-corrected chi connectivity index (χ3v) is 4.99. The third kappa shape index (κ3) is 3.11. The molecule has 15 heavy (non-hydrogen) atoms. The number of hydrogen-bond donors (Lipinski definition) is 1. The van der Waals surface area contributed by atoms with Crippen molar-refractivity contribution in [2.24, 2.45) is 11.1 Å². The van der Waals surface area contributed by atoms with Gasteiger partial charge in [-0.1, -0.05) is 0 Å². The van der Waals surface area contributed by atoms with E-state index < -0.39 is 0 Å². The molecule has 0 aromatic heterocycles. The molecule has 0 spiro atoms. The highest BCUT2D eigenvalue weighted by atomic mass is 32.2. The molecular formula is C12H24N2S. The molecule has 0 bridgehead atoms. The fraction of sp³-hybridized carbons (Fsp3) is 1.00. The molecule has 2 aliphatic rings. The summed E-state index contributed by atoms with van der Waals surface area (Å²) in [6.07, 6.45) is 4.06. The van der Waals surface area contributed by atoms with E-state index in [1.165, 1.54) is 44.6 Å². The molecule has 0 amide bonds. The van der Waals surface area contributed by atoms with E-state index in [0.717, 1.165) is 6.54 Å². The van der Waals surface area contributed by atoms with Crippen molar-refractivity contribution in [3.8, 4) is 0 Å². The van der Waals surface area contributed by atoms with Gasteiger partial charge in [-0.25, -0.2) is 0 Å². The summed E-state index contributed by atoms with van der Waals surface area (Å²) in [4.78, 5) is 2.67. The van der Waals surface area contributed by atoms with E-state index in [4.69, 9.17) is 5.73 Å². The number of hydrogen-bond acceptors (Lipinski definition) is 3. The first-order valence-corrected chi connectivity index (χ1v) is 7.10. The lowest BCUT2D eigenvalue weighted by molar-refractivity contribution is 0.205. The van der Waals surface area contributed by atoms with E-state index in [9.17, 15) is 0 Å². The Bertz CT molecular complexity index is 224. The Hall–Kier alpha value is 0.270. The summed E-state index contributed by atoms with van der Waals surface area (Å²) in [5, 5.41) is 0. The van der Waals surface area contributed by atoms with E-state index in [-0.39, 0.29) is 0 Å². The zero-order valence-corrected chi connectivity index (χ0v) is 10.9. The first-order valence-electron chi connectivity index (χ1n) is 6.12. The minimum atomic E-state index is 0.455. The van der Waals surface area contributed by atoms with Crippen LogP contribution >= 0.6 is 11.8 Å². The van der Waals surface area contributed by atoms with Crippen LogP contribution in [0, 0.1) is 5.41 Å². The molecule has 1 saturated carbocycles. The Morgan fingerprint density at radius 2 is 2.07 bits per heavy atom. The van der Waals surface area contributed by atoms with Gasteiger partial charge in [-0.15, -0.1) is 0 Å². The average Bonchev–Trinajstić information content (AvgIpc) is 2.83. The predicted molar refractivity (Wildman–Crippen MR) is 68.3 cm³/mol. The maximum Gasteiger partial charge on any atom is 0.0231 e. The molecule has 0 aromatic carbocycles. The first kappa shape index (κ1) is 11.7. The Morgan fingerprint density at radius 3 is 2.60 bits per heavy atom. The summed E-state index contributed by atoms with van der Waals surface area (Å²) in [5.41, 5.74) is 6.31. The van der Waals surface area contributed by atoms with Crippen LogP contribution in [0.15, 0.2) is 0 Å². The highest BCUT2D eigenvalue weighted by molar-refractivity contribution is 8.00. The van der Waals surface area contributed by atoms with Crippen molar-refractivity contribution >= 4 is 11.8 Å². The van der Waals surface area contributed by atoms with Gasteiger partial charge in [0.2, 0.25) is 0 Å². The standard InChI is InChI=1S/C12H24N2S/c1-11(2)9-14(7-8-15-11)10-12(3-4-12)5-6-13/h3-10,13H2,1-2H3.